The fourth-order valence-electron chi connectivity index (χ4n) is 2.59. The van der Waals surface area contributed by atoms with Gasteiger partial charge >= 0.3 is 11.9 Å². The number of anilines is 1. The van der Waals surface area contributed by atoms with Gasteiger partial charge < -0.3 is 23.4 Å². The predicted octanol–water partition coefficient (Wildman–Crippen LogP) is 2.53. The molecule has 1 aliphatic rings. The van der Waals surface area contributed by atoms with Crippen LogP contribution in [0.15, 0.2) is 22.6 Å². The van der Waals surface area contributed by atoms with E-state index in [1.807, 2.05) is 0 Å². The van der Waals surface area contributed by atoms with Gasteiger partial charge in [-0.05, 0) is 32.0 Å². The first-order valence-electron chi connectivity index (χ1n) is 8.06. The zero-order valence-electron chi connectivity index (χ0n) is 14.9. The highest BCUT2D eigenvalue weighted by Crippen LogP contribution is 2.33. The van der Waals surface area contributed by atoms with Gasteiger partial charge in [-0.25, -0.2) is 9.59 Å². The summed E-state index contributed by atoms with van der Waals surface area (Å²) in [4.78, 5) is 36.9. The number of furan rings is 1. The minimum absolute atomic E-state index is 0.0766. The number of methoxy groups -OCH3 is 1. The number of carbonyl (C=O) groups excluding carboxylic acids is 3. The van der Waals surface area contributed by atoms with Gasteiger partial charge in [-0.1, -0.05) is 0 Å². The van der Waals surface area contributed by atoms with E-state index in [2.05, 4.69) is 5.32 Å². The van der Waals surface area contributed by atoms with Gasteiger partial charge in [0.15, 0.2) is 11.5 Å². The third-order valence-corrected chi connectivity index (χ3v) is 3.82. The number of ether oxygens (including phenoxy) is 4. The second kappa shape index (κ2) is 7.40. The first-order chi connectivity index (χ1) is 13.0. The number of nitrogens with one attached hydrogen (secondary N) is 1. The van der Waals surface area contributed by atoms with Crippen LogP contribution in [0.3, 0.4) is 0 Å². The molecule has 142 valence electrons. The maximum absolute atomic E-state index is 12.6. The fraction of sp³-hybridized carbons (Fsp3) is 0.278. The number of benzene rings is 1. The van der Waals surface area contributed by atoms with E-state index in [0.717, 1.165) is 7.11 Å². The van der Waals surface area contributed by atoms with Crippen LogP contribution in [-0.4, -0.2) is 38.4 Å². The number of hydrogen-bond acceptors (Lipinski definition) is 8. The molecule has 0 fully saturated rings. The molecule has 3 rings (SSSR count). The average molecular weight is 375 g/mol. The third kappa shape index (κ3) is 3.43. The van der Waals surface area contributed by atoms with Crippen molar-refractivity contribution in [3.63, 3.8) is 0 Å². The minimum atomic E-state index is -0.837. The van der Waals surface area contributed by atoms with Gasteiger partial charge in [0, 0.05) is 5.56 Å². The summed E-state index contributed by atoms with van der Waals surface area (Å²) in [6, 6.07) is 4.62. The van der Waals surface area contributed by atoms with E-state index in [1.165, 1.54) is 19.1 Å². The van der Waals surface area contributed by atoms with Crippen molar-refractivity contribution < 1.29 is 37.7 Å². The Balaban J connectivity index is 1.94. The molecule has 0 radical (unpaired) electrons. The molecule has 0 unspecified atom stereocenters. The topological polar surface area (TPSA) is 113 Å². The first kappa shape index (κ1) is 18.3. The number of fused-ring (bicyclic) bond motifs is 1. The van der Waals surface area contributed by atoms with Crippen LogP contribution in [-0.2, 0) is 9.47 Å². The maximum atomic E-state index is 12.6. The molecule has 27 heavy (non-hydrogen) atoms. The van der Waals surface area contributed by atoms with Crippen molar-refractivity contribution in [1.82, 2.24) is 0 Å². The summed E-state index contributed by atoms with van der Waals surface area (Å²) in [6.45, 7) is 3.30. The average Bonchev–Trinajstić information content (AvgIpc) is 3.24. The van der Waals surface area contributed by atoms with Crippen LogP contribution < -0.4 is 14.8 Å². The number of hydrogen-bond donors (Lipinski definition) is 1. The lowest BCUT2D eigenvalue weighted by Crippen LogP contribution is -2.17. The van der Waals surface area contributed by atoms with Crippen LogP contribution >= 0.6 is 0 Å². The van der Waals surface area contributed by atoms with Crippen molar-refractivity contribution in [3.05, 3.63) is 40.6 Å². The Morgan fingerprint density at radius 1 is 1.11 bits per heavy atom. The highest BCUT2D eigenvalue weighted by Gasteiger charge is 2.31. The van der Waals surface area contributed by atoms with Crippen LogP contribution in [0.5, 0.6) is 11.5 Å². The second-order valence-corrected chi connectivity index (χ2v) is 5.47. The quantitative estimate of drug-likeness (QED) is 0.793. The van der Waals surface area contributed by atoms with Gasteiger partial charge in [-0.3, -0.25) is 10.1 Å². The number of carbonyl (C=O) groups is 3. The number of rotatable bonds is 5. The maximum Gasteiger partial charge on any atom is 0.344 e. The number of aryl methyl sites for hydroxylation is 1. The van der Waals surface area contributed by atoms with E-state index in [1.54, 1.807) is 13.0 Å². The lowest BCUT2D eigenvalue weighted by Gasteiger charge is -2.06. The van der Waals surface area contributed by atoms with E-state index in [4.69, 9.17) is 23.4 Å². The van der Waals surface area contributed by atoms with Gasteiger partial charge in [0.1, 0.15) is 16.9 Å². The molecular weight excluding hydrogens is 358 g/mol. The monoisotopic (exact) mass is 375 g/mol. The molecule has 1 aromatic carbocycles. The Hall–Kier alpha value is -3.49. The predicted molar refractivity (Wildman–Crippen MR) is 91.3 cm³/mol. The molecule has 0 saturated carbocycles. The van der Waals surface area contributed by atoms with Gasteiger partial charge in [0.05, 0.1) is 13.7 Å². The van der Waals surface area contributed by atoms with Gasteiger partial charge in [0.25, 0.3) is 5.91 Å². The Labute approximate surface area is 154 Å². The summed E-state index contributed by atoms with van der Waals surface area (Å²) < 4.78 is 25.5. The highest BCUT2D eigenvalue weighted by molar-refractivity contribution is 6.11. The zero-order valence-corrected chi connectivity index (χ0v) is 14.9. The molecule has 1 aromatic heterocycles. The molecule has 1 amide bonds. The van der Waals surface area contributed by atoms with Crippen molar-refractivity contribution in [1.29, 1.82) is 0 Å². The molecule has 1 aliphatic heterocycles. The van der Waals surface area contributed by atoms with E-state index in [9.17, 15) is 14.4 Å². The zero-order chi connectivity index (χ0) is 19.6. The standard InChI is InChI=1S/C18H17NO8/c1-4-24-18(22)13-9(2)27-16(14(13)17(21)23-3)19-15(20)10-5-6-11-12(7-10)26-8-25-11/h5-7H,4,8H2,1-3H3,(H,19,20). The van der Waals surface area contributed by atoms with E-state index < -0.39 is 17.8 Å². The summed E-state index contributed by atoms with van der Waals surface area (Å²) in [7, 11) is 1.16. The summed E-state index contributed by atoms with van der Waals surface area (Å²) in [5.41, 5.74) is -0.0472. The number of amides is 1. The third-order valence-electron chi connectivity index (χ3n) is 3.82. The molecule has 0 spiro atoms. The molecule has 0 atom stereocenters. The van der Waals surface area contributed by atoms with Gasteiger partial charge in [0.2, 0.25) is 12.7 Å². The summed E-state index contributed by atoms with van der Waals surface area (Å²) in [5.74, 6) is -1.28. The molecule has 0 saturated heterocycles. The Bertz CT molecular complexity index is 914. The van der Waals surface area contributed by atoms with Gasteiger partial charge in [-0.2, -0.15) is 0 Å². The van der Waals surface area contributed by atoms with Crippen molar-refractivity contribution in [2.75, 3.05) is 25.8 Å². The molecule has 2 heterocycles. The SMILES string of the molecule is CCOC(=O)c1c(C)oc(NC(=O)c2ccc3c(c2)OCO3)c1C(=O)OC. The molecule has 0 bridgehead atoms. The van der Waals surface area contributed by atoms with Crippen molar-refractivity contribution in [2.24, 2.45) is 0 Å². The van der Waals surface area contributed by atoms with Crippen LogP contribution in [0, 0.1) is 6.92 Å². The minimum Gasteiger partial charge on any atom is -0.465 e. The van der Waals surface area contributed by atoms with E-state index in [0.29, 0.717) is 11.5 Å². The lowest BCUT2D eigenvalue weighted by atomic mass is 10.1. The van der Waals surface area contributed by atoms with Crippen molar-refractivity contribution >= 4 is 23.7 Å². The molecule has 1 N–H and O–H groups in total. The van der Waals surface area contributed by atoms with Crippen molar-refractivity contribution in [2.45, 2.75) is 13.8 Å². The van der Waals surface area contributed by atoms with Gasteiger partial charge in [-0.15, -0.1) is 0 Å². The Morgan fingerprint density at radius 3 is 2.56 bits per heavy atom. The molecule has 9 nitrogen and oxygen atoms in total. The Morgan fingerprint density at radius 2 is 1.85 bits per heavy atom. The van der Waals surface area contributed by atoms with Crippen LogP contribution in [0.25, 0.3) is 0 Å². The van der Waals surface area contributed by atoms with Crippen LogP contribution in [0.1, 0.15) is 43.8 Å². The molecule has 0 aliphatic carbocycles. The Kier molecular flexibility index (Phi) is 5.02. The molecule has 9 heteroatoms. The van der Waals surface area contributed by atoms with Crippen molar-refractivity contribution in [3.8, 4) is 11.5 Å². The molecule has 2 aromatic rings. The fourth-order valence-corrected chi connectivity index (χ4v) is 2.59. The lowest BCUT2D eigenvalue weighted by molar-refractivity contribution is 0.0504. The molecular formula is C18H17NO8. The summed E-state index contributed by atoms with van der Waals surface area (Å²) in [6.07, 6.45) is 0. The first-order valence-corrected chi connectivity index (χ1v) is 8.06. The number of esters is 2. The van der Waals surface area contributed by atoms with E-state index >= 15 is 0 Å². The normalized spacial score (nSPS) is 11.8. The highest BCUT2D eigenvalue weighted by atomic mass is 16.7. The second-order valence-electron chi connectivity index (χ2n) is 5.47. The van der Waals surface area contributed by atoms with E-state index in [-0.39, 0.29) is 41.7 Å². The summed E-state index contributed by atoms with van der Waals surface area (Å²) in [5, 5.41) is 2.48. The van der Waals surface area contributed by atoms with Crippen LogP contribution in [0.4, 0.5) is 5.88 Å². The summed E-state index contributed by atoms with van der Waals surface area (Å²) >= 11 is 0. The smallest absolute Gasteiger partial charge is 0.344 e. The van der Waals surface area contributed by atoms with Crippen LogP contribution in [0.2, 0.25) is 0 Å². The largest absolute Gasteiger partial charge is 0.465 e.